The summed E-state index contributed by atoms with van der Waals surface area (Å²) in [5, 5.41) is 11.8. The highest BCUT2D eigenvalue weighted by atomic mass is 35.5. The molecule has 0 aliphatic carbocycles. The molecule has 2 N–H and O–H groups in total. The van der Waals surface area contributed by atoms with Crippen molar-refractivity contribution in [1.82, 2.24) is 5.32 Å². The van der Waals surface area contributed by atoms with Crippen LogP contribution in [-0.2, 0) is 11.2 Å². The molecule has 0 radical (unpaired) electrons. The molecule has 4 nitrogen and oxygen atoms in total. The van der Waals surface area contributed by atoms with E-state index in [-0.39, 0.29) is 12.4 Å². The van der Waals surface area contributed by atoms with Crippen molar-refractivity contribution in [3.63, 3.8) is 0 Å². The van der Waals surface area contributed by atoms with Gasteiger partial charge in [0.2, 0.25) is 0 Å². The second kappa shape index (κ2) is 15.0. The van der Waals surface area contributed by atoms with Crippen LogP contribution in [0, 0.1) is 0 Å². The molecule has 1 aromatic rings. The van der Waals surface area contributed by atoms with Gasteiger partial charge in [-0.25, -0.2) is 0 Å². The SMILES string of the molecule is CN[C@@H](C)Cc1cccc(OCCCCCCCCCC(=O)O)c1.Cl. The fourth-order valence-corrected chi connectivity index (χ4v) is 2.67. The van der Waals surface area contributed by atoms with Crippen LogP contribution in [-0.4, -0.2) is 30.8 Å². The van der Waals surface area contributed by atoms with Crippen LogP contribution in [0.4, 0.5) is 0 Å². The zero-order valence-electron chi connectivity index (χ0n) is 15.6. The lowest BCUT2D eigenvalue weighted by Crippen LogP contribution is -2.23. The predicted octanol–water partition coefficient (Wildman–Crippen LogP) is 4.84. The van der Waals surface area contributed by atoms with Crippen molar-refractivity contribution in [2.75, 3.05) is 13.7 Å². The molecular formula is C20H34ClNO3. The third kappa shape index (κ3) is 12.7. The van der Waals surface area contributed by atoms with Gasteiger partial charge in [0, 0.05) is 12.5 Å². The number of hydrogen-bond acceptors (Lipinski definition) is 3. The van der Waals surface area contributed by atoms with Gasteiger partial charge < -0.3 is 15.2 Å². The smallest absolute Gasteiger partial charge is 0.303 e. The molecule has 0 saturated carbocycles. The summed E-state index contributed by atoms with van der Waals surface area (Å²) in [4.78, 5) is 10.4. The number of halogens is 1. The van der Waals surface area contributed by atoms with Gasteiger partial charge in [-0.3, -0.25) is 4.79 Å². The zero-order valence-corrected chi connectivity index (χ0v) is 16.4. The Morgan fingerprint density at radius 1 is 1.12 bits per heavy atom. The molecule has 0 fully saturated rings. The van der Waals surface area contributed by atoms with E-state index in [1.54, 1.807) is 0 Å². The van der Waals surface area contributed by atoms with E-state index < -0.39 is 5.97 Å². The molecule has 0 saturated heterocycles. The molecule has 144 valence electrons. The number of aliphatic carboxylic acids is 1. The highest BCUT2D eigenvalue weighted by Crippen LogP contribution is 2.16. The number of carboxylic acid groups (broad SMARTS) is 1. The van der Waals surface area contributed by atoms with Gasteiger partial charge in [-0.15, -0.1) is 12.4 Å². The first-order valence-electron chi connectivity index (χ1n) is 9.22. The van der Waals surface area contributed by atoms with E-state index in [9.17, 15) is 4.79 Å². The normalized spacial score (nSPS) is 11.6. The first-order valence-corrected chi connectivity index (χ1v) is 9.22. The summed E-state index contributed by atoms with van der Waals surface area (Å²) in [6.07, 6.45) is 8.94. The van der Waals surface area contributed by atoms with Crippen molar-refractivity contribution in [1.29, 1.82) is 0 Å². The molecule has 0 aromatic heterocycles. The first kappa shape index (κ1) is 23.7. The number of unbranched alkanes of at least 4 members (excludes halogenated alkanes) is 6. The summed E-state index contributed by atoms with van der Waals surface area (Å²) in [5.74, 6) is 0.279. The van der Waals surface area contributed by atoms with Crippen LogP contribution < -0.4 is 10.1 Å². The Labute approximate surface area is 158 Å². The molecule has 0 amide bonds. The van der Waals surface area contributed by atoms with Crippen molar-refractivity contribution < 1.29 is 14.6 Å². The molecular weight excluding hydrogens is 338 g/mol. The zero-order chi connectivity index (χ0) is 17.6. The first-order chi connectivity index (χ1) is 11.6. The van der Waals surface area contributed by atoms with Gasteiger partial charge >= 0.3 is 5.97 Å². The maximum Gasteiger partial charge on any atom is 0.303 e. The summed E-state index contributed by atoms with van der Waals surface area (Å²) in [6, 6.07) is 8.83. The van der Waals surface area contributed by atoms with Gasteiger partial charge in [-0.2, -0.15) is 0 Å². The predicted molar refractivity (Wildman–Crippen MR) is 106 cm³/mol. The van der Waals surface area contributed by atoms with Crippen molar-refractivity contribution >= 4 is 18.4 Å². The van der Waals surface area contributed by atoms with Crippen LogP contribution >= 0.6 is 12.4 Å². The van der Waals surface area contributed by atoms with Gasteiger partial charge in [0.05, 0.1) is 6.61 Å². The van der Waals surface area contributed by atoms with E-state index in [1.807, 2.05) is 13.1 Å². The summed E-state index contributed by atoms with van der Waals surface area (Å²) in [5.41, 5.74) is 1.30. The Bertz CT molecular complexity index is 468. The Balaban J connectivity index is 0.00000576. The second-order valence-electron chi connectivity index (χ2n) is 6.51. The van der Waals surface area contributed by atoms with Crippen molar-refractivity contribution in [3.05, 3.63) is 29.8 Å². The summed E-state index contributed by atoms with van der Waals surface area (Å²) in [7, 11) is 1.98. The molecule has 0 spiro atoms. The summed E-state index contributed by atoms with van der Waals surface area (Å²) in [6.45, 7) is 2.94. The molecule has 0 heterocycles. The number of ether oxygens (including phenoxy) is 1. The Hall–Kier alpha value is -1.26. The van der Waals surface area contributed by atoms with E-state index in [2.05, 4.69) is 30.4 Å². The largest absolute Gasteiger partial charge is 0.494 e. The molecule has 0 aliphatic heterocycles. The maximum atomic E-state index is 10.4. The highest BCUT2D eigenvalue weighted by molar-refractivity contribution is 5.85. The molecule has 0 unspecified atom stereocenters. The average molecular weight is 372 g/mol. The number of carboxylic acids is 1. The van der Waals surface area contributed by atoms with Gasteiger partial charge in [0.15, 0.2) is 0 Å². The number of carbonyl (C=O) groups is 1. The van der Waals surface area contributed by atoms with E-state index in [0.717, 1.165) is 44.5 Å². The summed E-state index contributed by atoms with van der Waals surface area (Å²) >= 11 is 0. The van der Waals surface area contributed by atoms with Crippen LogP contribution in [0.3, 0.4) is 0 Å². The number of benzene rings is 1. The highest BCUT2D eigenvalue weighted by Gasteiger charge is 2.02. The van der Waals surface area contributed by atoms with Crippen molar-refractivity contribution in [2.45, 2.75) is 70.8 Å². The number of likely N-dealkylation sites (N-methyl/N-ethyl adjacent to an activating group) is 1. The number of nitrogens with one attached hydrogen (secondary N) is 1. The van der Waals surface area contributed by atoms with E-state index in [1.165, 1.54) is 24.8 Å². The molecule has 1 aromatic carbocycles. The van der Waals surface area contributed by atoms with Crippen LogP contribution in [0.2, 0.25) is 0 Å². The monoisotopic (exact) mass is 371 g/mol. The molecule has 0 bridgehead atoms. The Kier molecular flexibility index (Phi) is 14.3. The minimum atomic E-state index is -0.684. The standard InChI is InChI=1S/C20H33NO3.ClH/c1-17(21-2)15-18-11-10-12-19(16-18)24-14-9-7-5-3-4-6-8-13-20(22)23;/h10-12,16-17,21H,3-9,13-15H2,1-2H3,(H,22,23);1H/t17-;/m0./s1. The molecule has 1 atom stereocenters. The van der Waals surface area contributed by atoms with Crippen molar-refractivity contribution in [3.8, 4) is 5.75 Å². The lowest BCUT2D eigenvalue weighted by Gasteiger charge is -2.12. The fraction of sp³-hybridized carbons (Fsp3) is 0.650. The topological polar surface area (TPSA) is 58.6 Å². The second-order valence-corrected chi connectivity index (χ2v) is 6.51. The van der Waals surface area contributed by atoms with E-state index >= 15 is 0 Å². The van der Waals surface area contributed by atoms with Crippen LogP contribution in [0.15, 0.2) is 24.3 Å². The van der Waals surface area contributed by atoms with E-state index in [4.69, 9.17) is 9.84 Å². The summed E-state index contributed by atoms with van der Waals surface area (Å²) < 4.78 is 5.85. The Morgan fingerprint density at radius 2 is 1.76 bits per heavy atom. The minimum Gasteiger partial charge on any atom is -0.494 e. The van der Waals surface area contributed by atoms with Gasteiger partial charge in [-0.05, 0) is 50.9 Å². The van der Waals surface area contributed by atoms with Gasteiger partial charge in [0.1, 0.15) is 5.75 Å². The lowest BCUT2D eigenvalue weighted by molar-refractivity contribution is -0.137. The minimum absolute atomic E-state index is 0. The van der Waals surface area contributed by atoms with Crippen LogP contribution in [0.1, 0.15) is 63.9 Å². The molecule has 0 aliphatic rings. The van der Waals surface area contributed by atoms with Gasteiger partial charge in [0.25, 0.3) is 0 Å². The van der Waals surface area contributed by atoms with E-state index in [0.29, 0.717) is 12.5 Å². The van der Waals surface area contributed by atoms with Crippen molar-refractivity contribution in [2.24, 2.45) is 0 Å². The van der Waals surface area contributed by atoms with Gasteiger partial charge in [-0.1, -0.05) is 44.2 Å². The average Bonchev–Trinajstić information content (AvgIpc) is 2.56. The fourth-order valence-electron chi connectivity index (χ4n) is 2.67. The quantitative estimate of drug-likeness (QED) is 0.459. The lowest BCUT2D eigenvalue weighted by atomic mass is 10.1. The molecule has 1 rings (SSSR count). The van der Waals surface area contributed by atoms with Crippen LogP contribution in [0.5, 0.6) is 5.75 Å². The Morgan fingerprint density at radius 3 is 2.40 bits per heavy atom. The molecule has 25 heavy (non-hydrogen) atoms. The molecule has 5 heteroatoms. The van der Waals surface area contributed by atoms with Crippen LogP contribution in [0.25, 0.3) is 0 Å². The number of rotatable bonds is 14. The maximum absolute atomic E-state index is 10.4. The number of hydrogen-bond donors (Lipinski definition) is 2. The third-order valence-corrected chi connectivity index (χ3v) is 4.24. The third-order valence-electron chi connectivity index (χ3n) is 4.24.